The van der Waals surface area contributed by atoms with Crippen LogP contribution in [0.5, 0.6) is 0 Å². The molecule has 2 aromatic rings. The molecule has 0 bridgehead atoms. The second kappa shape index (κ2) is 4.94. The van der Waals surface area contributed by atoms with Crippen LogP contribution in [-0.4, -0.2) is 18.1 Å². The Hall–Kier alpha value is -1.61. The van der Waals surface area contributed by atoms with Gasteiger partial charge in [0.15, 0.2) is 0 Å². The van der Waals surface area contributed by atoms with Crippen LogP contribution >= 0.6 is 0 Å². The number of fused-ring (bicyclic) bond motifs is 1. The molecule has 1 atom stereocenters. The lowest BCUT2D eigenvalue weighted by atomic mass is 10.2. The summed E-state index contributed by atoms with van der Waals surface area (Å²) in [4.78, 5) is 4.53. The number of nitrogens with zero attached hydrogens (tertiary/aromatic N) is 1. The number of nitrogens with two attached hydrogens (primary N) is 1. The molecule has 0 spiro atoms. The summed E-state index contributed by atoms with van der Waals surface area (Å²) >= 11 is 0. The molecule has 1 aromatic carbocycles. The lowest BCUT2D eigenvalue weighted by Gasteiger charge is -2.10. The van der Waals surface area contributed by atoms with Gasteiger partial charge in [-0.3, -0.25) is 0 Å². The zero-order chi connectivity index (χ0) is 11.4. The summed E-state index contributed by atoms with van der Waals surface area (Å²) in [7, 11) is 0. The van der Waals surface area contributed by atoms with Crippen LogP contribution < -0.4 is 11.1 Å². The fraction of sp³-hybridized carbons (Fsp3) is 0.308. The Morgan fingerprint density at radius 2 is 2.06 bits per heavy atom. The second-order valence-corrected chi connectivity index (χ2v) is 4.11. The maximum Gasteiger partial charge on any atom is 0.126 e. The van der Waals surface area contributed by atoms with Gasteiger partial charge in [-0.15, -0.1) is 0 Å². The van der Waals surface area contributed by atoms with Gasteiger partial charge in [-0.1, -0.05) is 25.1 Å². The summed E-state index contributed by atoms with van der Waals surface area (Å²) < 4.78 is 0. The average molecular weight is 215 g/mol. The SMILES string of the molecule is CC(CN)CNc1ccc2ccccc2n1. The molecule has 0 fully saturated rings. The van der Waals surface area contributed by atoms with Crippen molar-refractivity contribution in [2.45, 2.75) is 6.92 Å². The second-order valence-electron chi connectivity index (χ2n) is 4.11. The van der Waals surface area contributed by atoms with E-state index in [1.807, 2.05) is 24.3 Å². The van der Waals surface area contributed by atoms with Gasteiger partial charge < -0.3 is 11.1 Å². The molecule has 3 heteroatoms. The van der Waals surface area contributed by atoms with Crippen LogP contribution in [0.25, 0.3) is 10.9 Å². The highest BCUT2D eigenvalue weighted by atomic mass is 15.0. The molecule has 0 aliphatic rings. The number of rotatable bonds is 4. The number of aromatic nitrogens is 1. The van der Waals surface area contributed by atoms with Crippen molar-refractivity contribution < 1.29 is 0 Å². The molecule has 1 unspecified atom stereocenters. The molecule has 2 rings (SSSR count). The molecule has 0 saturated carbocycles. The monoisotopic (exact) mass is 215 g/mol. The number of nitrogens with one attached hydrogen (secondary N) is 1. The third kappa shape index (κ3) is 2.49. The predicted octanol–water partition coefficient (Wildman–Crippen LogP) is 2.24. The summed E-state index contributed by atoms with van der Waals surface area (Å²) in [5, 5.41) is 4.46. The molecule has 1 aromatic heterocycles. The molecule has 16 heavy (non-hydrogen) atoms. The molecule has 3 N–H and O–H groups in total. The highest BCUT2D eigenvalue weighted by Gasteiger charge is 2.00. The van der Waals surface area contributed by atoms with Crippen LogP contribution in [0.1, 0.15) is 6.92 Å². The first-order valence-electron chi connectivity index (χ1n) is 5.59. The largest absolute Gasteiger partial charge is 0.370 e. The van der Waals surface area contributed by atoms with Gasteiger partial charge >= 0.3 is 0 Å². The number of anilines is 1. The standard InChI is InChI=1S/C13H17N3/c1-10(8-14)9-15-13-7-6-11-4-2-3-5-12(11)16-13/h2-7,10H,8-9,14H2,1H3,(H,15,16). The van der Waals surface area contributed by atoms with Crippen molar-refractivity contribution in [1.82, 2.24) is 4.98 Å². The summed E-state index contributed by atoms with van der Waals surface area (Å²) in [5.41, 5.74) is 6.59. The van der Waals surface area contributed by atoms with Gasteiger partial charge in [-0.25, -0.2) is 4.98 Å². The molecule has 0 amide bonds. The van der Waals surface area contributed by atoms with Crippen LogP contribution in [0.2, 0.25) is 0 Å². The minimum absolute atomic E-state index is 0.466. The minimum Gasteiger partial charge on any atom is -0.370 e. The van der Waals surface area contributed by atoms with E-state index in [1.54, 1.807) is 0 Å². The normalized spacial score (nSPS) is 12.6. The summed E-state index contributed by atoms with van der Waals surface area (Å²) in [6, 6.07) is 12.2. The van der Waals surface area contributed by atoms with Gasteiger partial charge in [-0.2, -0.15) is 0 Å². The fourth-order valence-electron chi connectivity index (χ4n) is 1.53. The zero-order valence-electron chi connectivity index (χ0n) is 9.48. The van der Waals surface area contributed by atoms with Crippen molar-refractivity contribution >= 4 is 16.7 Å². The molecule has 3 nitrogen and oxygen atoms in total. The topological polar surface area (TPSA) is 50.9 Å². The van der Waals surface area contributed by atoms with Gasteiger partial charge in [-0.05, 0) is 30.7 Å². The molecule has 84 valence electrons. The van der Waals surface area contributed by atoms with E-state index in [2.05, 4.69) is 29.4 Å². The van der Waals surface area contributed by atoms with Crippen molar-refractivity contribution in [3.63, 3.8) is 0 Å². The van der Waals surface area contributed by atoms with E-state index in [1.165, 1.54) is 5.39 Å². The Labute approximate surface area is 95.7 Å². The first-order valence-corrected chi connectivity index (χ1v) is 5.59. The lowest BCUT2D eigenvalue weighted by molar-refractivity contribution is 0.627. The van der Waals surface area contributed by atoms with E-state index in [0.29, 0.717) is 12.5 Å². The number of para-hydroxylation sites is 1. The molecular formula is C13H17N3. The van der Waals surface area contributed by atoms with Crippen molar-refractivity contribution in [1.29, 1.82) is 0 Å². The van der Waals surface area contributed by atoms with Crippen LogP contribution in [0.4, 0.5) is 5.82 Å². The Morgan fingerprint density at radius 1 is 1.25 bits per heavy atom. The van der Waals surface area contributed by atoms with E-state index in [9.17, 15) is 0 Å². The first-order chi connectivity index (χ1) is 7.79. The van der Waals surface area contributed by atoms with Crippen molar-refractivity contribution in [3.8, 4) is 0 Å². The lowest BCUT2D eigenvalue weighted by Crippen LogP contribution is -2.20. The van der Waals surface area contributed by atoms with Gasteiger partial charge in [0, 0.05) is 11.9 Å². The smallest absolute Gasteiger partial charge is 0.126 e. The maximum atomic E-state index is 5.57. The summed E-state index contributed by atoms with van der Waals surface area (Å²) in [6.45, 7) is 3.68. The Balaban J connectivity index is 2.13. The number of hydrogen-bond acceptors (Lipinski definition) is 3. The van der Waals surface area contributed by atoms with E-state index in [4.69, 9.17) is 5.73 Å². The minimum atomic E-state index is 0.466. The molecule has 0 radical (unpaired) electrons. The van der Waals surface area contributed by atoms with Crippen molar-refractivity contribution in [3.05, 3.63) is 36.4 Å². The Morgan fingerprint density at radius 3 is 2.88 bits per heavy atom. The molecular weight excluding hydrogens is 198 g/mol. The van der Waals surface area contributed by atoms with Crippen LogP contribution in [-0.2, 0) is 0 Å². The van der Waals surface area contributed by atoms with Crippen LogP contribution in [0.3, 0.4) is 0 Å². The van der Waals surface area contributed by atoms with Gasteiger partial charge in [0.25, 0.3) is 0 Å². The molecule has 0 saturated heterocycles. The van der Waals surface area contributed by atoms with Crippen LogP contribution in [0, 0.1) is 5.92 Å². The first kappa shape index (κ1) is 10.9. The van der Waals surface area contributed by atoms with Crippen molar-refractivity contribution in [2.75, 3.05) is 18.4 Å². The molecule has 1 heterocycles. The molecule has 0 aliphatic carbocycles. The van der Waals surface area contributed by atoms with Crippen molar-refractivity contribution in [2.24, 2.45) is 11.7 Å². The van der Waals surface area contributed by atoms with Gasteiger partial charge in [0.1, 0.15) is 5.82 Å². The number of hydrogen-bond donors (Lipinski definition) is 2. The third-order valence-electron chi connectivity index (χ3n) is 2.63. The Kier molecular flexibility index (Phi) is 3.37. The van der Waals surface area contributed by atoms with Gasteiger partial charge in [0.05, 0.1) is 5.52 Å². The molecule has 0 aliphatic heterocycles. The number of pyridine rings is 1. The van der Waals surface area contributed by atoms with E-state index >= 15 is 0 Å². The van der Waals surface area contributed by atoms with E-state index < -0.39 is 0 Å². The average Bonchev–Trinajstić information content (AvgIpc) is 2.35. The summed E-state index contributed by atoms with van der Waals surface area (Å²) in [6.07, 6.45) is 0. The quantitative estimate of drug-likeness (QED) is 0.822. The number of benzene rings is 1. The third-order valence-corrected chi connectivity index (χ3v) is 2.63. The van der Waals surface area contributed by atoms with E-state index in [-0.39, 0.29) is 0 Å². The Bertz CT molecular complexity index is 467. The van der Waals surface area contributed by atoms with E-state index in [0.717, 1.165) is 17.9 Å². The van der Waals surface area contributed by atoms with Gasteiger partial charge in [0.2, 0.25) is 0 Å². The summed E-state index contributed by atoms with van der Waals surface area (Å²) in [5.74, 6) is 1.38. The highest BCUT2D eigenvalue weighted by molar-refractivity contribution is 5.79. The van der Waals surface area contributed by atoms with Crippen LogP contribution in [0.15, 0.2) is 36.4 Å². The maximum absolute atomic E-state index is 5.57. The zero-order valence-corrected chi connectivity index (χ0v) is 9.48. The predicted molar refractivity (Wildman–Crippen MR) is 68.5 cm³/mol. The highest BCUT2D eigenvalue weighted by Crippen LogP contribution is 2.14. The fourth-order valence-corrected chi connectivity index (χ4v) is 1.53.